The van der Waals surface area contributed by atoms with E-state index in [9.17, 15) is 9.59 Å². The van der Waals surface area contributed by atoms with Crippen molar-refractivity contribution >= 4 is 57.1 Å². The standard InChI is InChI=1S/C38H38ClFN4O4S/c1-20(2)35(42-38(46)47-3)36(45)43-12-4-5-30(43)28-16-24(19-41-28)22-15-27(40)34-31-17-23-14-25(39)8-10-29(23)44(31)37(48-32(34)18-22)33-11-9-26(49-33)13-21-6-7-21/h8-11,14-15,17-21,30,35,37H,4-7,12-13,16H2,1-3H3,(H,42,46)/t30?,35-,37?/m0/s1. The molecule has 2 amide bonds. The van der Waals surface area contributed by atoms with Crippen molar-refractivity contribution in [3.05, 3.63) is 80.9 Å². The molecule has 2 unspecified atom stereocenters. The number of rotatable bonds is 8. The van der Waals surface area contributed by atoms with E-state index < -0.39 is 18.4 Å². The van der Waals surface area contributed by atoms with Crippen LogP contribution in [0.2, 0.25) is 5.02 Å². The summed E-state index contributed by atoms with van der Waals surface area (Å²) in [4.78, 5) is 34.7. The van der Waals surface area contributed by atoms with Crippen LogP contribution in [0.5, 0.6) is 5.75 Å². The lowest BCUT2D eigenvalue weighted by molar-refractivity contribution is -0.134. The maximum absolute atomic E-state index is 16.3. The summed E-state index contributed by atoms with van der Waals surface area (Å²) in [6, 6.07) is 14.7. The monoisotopic (exact) mass is 700 g/mol. The highest BCUT2D eigenvalue weighted by Gasteiger charge is 2.39. The van der Waals surface area contributed by atoms with E-state index in [1.165, 1.54) is 24.8 Å². The first-order valence-corrected chi connectivity index (χ1v) is 18.2. The summed E-state index contributed by atoms with van der Waals surface area (Å²) < 4.78 is 30.0. The lowest BCUT2D eigenvalue weighted by Gasteiger charge is -2.31. The summed E-state index contributed by atoms with van der Waals surface area (Å²) in [5.74, 6) is 0.616. The van der Waals surface area contributed by atoms with Gasteiger partial charge in [0.2, 0.25) is 12.1 Å². The number of thiophene rings is 1. The highest BCUT2D eigenvalue weighted by Crippen LogP contribution is 2.48. The first-order chi connectivity index (χ1) is 23.7. The van der Waals surface area contributed by atoms with Gasteiger partial charge in [0.1, 0.15) is 17.6 Å². The largest absolute Gasteiger partial charge is 0.464 e. The molecule has 0 bridgehead atoms. The molecule has 2 aromatic heterocycles. The zero-order valence-electron chi connectivity index (χ0n) is 27.7. The SMILES string of the molecule is COC(=O)N[C@H](C(=O)N1CCCC1C1=NC=C(c2cc(F)c3c(c2)OC(c2ccc(CC4CC4)s2)n2c-3cc3cc(Cl)ccc32)C1)C(C)C. The number of nitrogens with zero attached hydrogens (tertiary/aromatic N) is 3. The number of allylic oxidation sites excluding steroid dienone is 1. The molecule has 3 aliphatic heterocycles. The number of hydrogen-bond acceptors (Lipinski definition) is 6. The van der Waals surface area contributed by atoms with Crippen molar-refractivity contribution in [3.8, 4) is 17.0 Å². The Balaban J connectivity index is 1.08. The molecule has 1 saturated carbocycles. The number of aliphatic imine (C=N–C) groups is 1. The van der Waals surface area contributed by atoms with Gasteiger partial charge in [-0.05, 0) is 104 Å². The zero-order chi connectivity index (χ0) is 34.0. The predicted molar refractivity (Wildman–Crippen MR) is 191 cm³/mol. The third-order valence-corrected chi connectivity index (χ3v) is 11.5. The fourth-order valence-corrected chi connectivity index (χ4v) is 8.77. The van der Waals surface area contributed by atoms with Crippen LogP contribution in [0.1, 0.15) is 67.5 Å². The van der Waals surface area contributed by atoms with Gasteiger partial charge < -0.3 is 19.7 Å². The normalized spacial score (nSPS) is 20.5. The summed E-state index contributed by atoms with van der Waals surface area (Å²) in [6.07, 6.45) is 6.45. The fourth-order valence-electron chi connectivity index (χ4n) is 7.45. The number of aromatic nitrogens is 1. The van der Waals surface area contributed by atoms with Crippen LogP contribution in [0.3, 0.4) is 0 Å². The number of hydrogen-bond donors (Lipinski definition) is 1. The first kappa shape index (κ1) is 32.1. The molecule has 2 aromatic carbocycles. The minimum Gasteiger partial charge on any atom is -0.464 e. The van der Waals surface area contributed by atoms with Gasteiger partial charge in [0.15, 0.2) is 0 Å². The minimum atomic E-state index is -0.706. The highest BCUT2D eigenvalue weighted by atomic mass is 35.5. The quantitative estimate of drug-likeness (QED) is 0.200. The van der Waals surface area contributed by atoms with E-state index in [0.29, 0.717) is 34.9 Å². The molecule has 2 fully saturated rings. The molecule has 1 N–H and O–H groups in total. The van der Waals surface area contributed by atoms with E-state index in [2.05, 4.69) is 22.0 Å². The summed E-state index contributed by atoms with van der Waals surface area (Å²) in [5, 5.41) is 4.25. The van der Waals surface area contributed by atoms with Crippen LogP contribution >= 0.6 is 22.9 Å². The number of carbonyl (C=O) groups is 2. The van der Waals surface area contributed by atoms with Crippen LogP contribution in [0.15, 0.2) is 59.7 Å². The number of likely N-dealkylation sites (tertiary alicyclic amines) is 1. The summed E-state index contributed by atoms with van der Waals surface area (Å²) in [7, 11) is 1.29. The average molecular weight is 701 g/mol. The zero-order valence-corrected chi connectivity index (χ0v) is 29.2. The van der Waals surface area contributed by atoms with Gasteiger partial charge in [0.05, 0.1) is 34.8 Å². The molecule has 4 aliphatic rings. The molecule has 5 heterocycles. The Morgan fingerprint density at radius 3 is 2.76 bits per heavy atom. The van der Waals surface area contributed by atoms with Gasteiger partial charge in [-0.25, -0.2) is 9.18 Å². The van der Waals surface area contributed by atoms with Crippen LogP contribution in [-0.4, -0.2) is 52.9 Å². The highest BCUT2D eigenvalue weighted by molar-refractivity contribution is 7.12. The number of carbonyl (C=O) groups excluding carboxylic acids is 2. The van der Waals surface area contributed by atoms with Gasteiger partial charge in [-0.15, -0.1) is 11.3 Å². The molecule has 49 heavy (non-hydrogen) atoms. The molecule has 11 heteroatoms. The van der Waals surface area contributed by atoms with Gasteiger partial charge in [0, 0.05) is 40.2 Å². The van der Waals surface area contributed by atoms with Gasteiger partial charge in [0.25, 0.3) is 0 Å². The number of nitrogens with one attached hydrogen (secondary N) is 1. The first-order valence-electron chi connectivity index (χ1n) is 17.0. The molecule has 0 radical (unpaired) electrons. The lowest BCUT2D eigenvalue weighted by Crippen LogP contribution is -2.53. The summed E-state index contributed by atoms with van der Waals surface area (Å²) >= 11 is 8.15. The van der Waals surface area contributed by atoms with Crippen molar-refractivity contribution < 1.29 is 23.5 Å². The van der Waals surface area contributed by atoms with E-state index in [-0.39, 0.29) is 23.7 Å². The van der Waals surface area contributed by atoms with E-state index in [1.807, 2.05) is 49.1 Å². The molecule has 3 atom stereocenters. The van der Waals surface area contributed by atoms with Crippen molar-refractivity contribution in [1.82, 2.24) is 14.8 Å². The number of alkyl carbamates (subject to hydrolysis) is 1. The smallest absolute Gasteiger partial charge is 0.407 e. The average Bonchev–Trinajstić information content (AvgIpc) is 3.51. The maximum Gasteiger partial charge on any atom is 0.407 e. The number of halogens is 2. The molecule has 1 saturated heterocycles. The Hall–Kier alpha value is -4.15. The Bertz CT molecular complexity index is 2050. The third kappa shape index (κ3) is 5.93. The molecular formula is C38H38ClFN4O4S. The fraction of sp³-hybridized carbons (Fsp3) is 0.395. The minimum absolute atomic E-state index is 0.121. The molecular weight excluding hydrogens is 663 g/mol. The van der Waals surface area contributed by atoms with Crippen LogP contribution in [0, 0.1) is 17.7 Å². The second-order valence-corrected chi connectivity index (χ2v) is 15.5. The van der Waals surface area contributed by atoms with Crippen LogP contribution < -0.4 is 10.1 Å². The van der Waals surface area contributed by atoms with E-state index in [4.69, 9.17) is 26.1 Å². The van der Waals surface area contributed by atoms with E-state index in [1.54, 1.807) is 23.6 Å². The molecule has 0 spiro atoms. The second kappa shape index (κ2) is 12.6. The Kier molecular flexibility index (Phi) is 8.27. The topological polar surface area (TPSA) is 85.2 Å². The van der Waals surface area contributed by atoms with Crippen LogP contribution in [0.4, 0.5) is 9.18 Å². The van der Waals surface area contributed by atoms with Crippen LogP contribution in [-0.2, 0) is 16.0 Å². The van der Waals surface area contributed by atoms with Crippen LogP contribution in [0.25, 0.3) is 27.7 Å². The van der Waals surface area contributed by atoms with Crippen molar-refractivity contribution in [2.24, 2.45) is 16.8 Å². The number of amides is 2. The summed E-state index contributed by atoms with van der Waals surface area (Å²) in [5.41, 5.74) is 4.53. The Morgan fingerprint density at radius 1 is 1.14 bits per heavy atom. The summed E-state index contributed by atoms with van der Waals surface area (Å²) in [6.45, 7) is 4.37. The maximum atomic E-state index is 16.3. The van der Waals surface area contributed by atoms with E-state index >= 15 is 4.39 Å². The van der Waals surface area contributed by atoms with E-state index in [0.717, 1.165) is 57.9 Å². The second-order valence-electron chi connectivity index (χ2n) is 13.9. The molecule has 4 aromatic rings. The Labute approximate surface area is 293 Å². The van der Waals surface area contributed by atoms with Gasteiger partial charge in [-0.3, -0.25) is 14.4 Å². The number of ether oxygens (including phenoxy) is 2. The molecule has 8 rings (SSSR count). The molecule has 8 nitrogen and oxygen atoms in total. The van der Waals surface area contributed by atoms with Gasteiger partial charge >= 0.3 is 6.09 Å². The van der Waals surface area contributed by atoms with Crippen molar-refractivity contribution in [1.29, 1.82) is 0 Å². The lowest BCUT2D eigenvalue weighted by atomic mass is 9.95. The molecule has 254 valence electrons. The number of methoxy groups -OCH3 is 1. The number of benzene rings is 2. The van der Waals surface area contributed by atoms with Crippen molar-refractivity contribution in [2.75, 3.05) is 13.7 Å². The van der Waals surface area contributed by atoms with Crippen molar-refractivity contribution in [3.63, 3.8) is 0 Å². The van der Waals surface area contributed by atoms with Gasteiger partial charge in [-0.2, -0.15) is 0 Å². The predicted octanol–water partition coefficient (Wildman–Crippen LogP) is 8.61. The van der Waals surface area contributed by atoms with Gasteiger partial charge in [-0.1, -0.05) is 25.4 Å². The van der Waals surface area contributed by atoms with Crippen molar-refractivity contribution in [2.45, 2.75) is 70.7 Å². The third-order valence-electron chi connectivity index (χ3n) is 10.1. The Morgan fingerprint density at radius 2 is 1.98 bits per heavy atom. The number of fused-ring (bicyclic) bond motifs is 5. The molecule has 1 aliphatic carbocycles.